The van der Waals surface area contributed by atoms with Gasteiger partial charge in [-0.2, -0.15) is 18.3 Å². The van der Waals surface area contributed by atoms with Crippen molar-refractivity contribution in [2.75, 3.05) is 0 Å². The Morgan fingerprint density at radius 1 is 1.15 bits per heavy atom. The SMILES string of the molecule is Cc1cc(C(F)(F)F)nn1C[C@H](C)c1nc2c3ccccc3ncn2n1. The van der Waals surface area contributed by atoms with Gasteiger partial charge in [-0.05, 0) is 25.1 Å². The van der Waals surface area contributed by atoms with E-state index in [-0.39, 0.29) is 12.5 Å². The van der Waals surface area contributed by atoms with E-state index in [9.17, 15) is 13.2 Å². The van der Waals surface area contributed by atoms with Gasteiger partial charge in [0.15, 0.2) is 17.2 Å². The zero-order chi connectivity index (χ0) is 18.5. The van der Waals surface area contributed by atoms with Crippen molar-refractivity contribution in [3.8, 4) is 0 Å². The summed E-state index contributed by atoms with van der Waals surface area (Å²) in [5.41, 5.74) is 1.04. The van der Waals surface area contributed by atoms with Crippen LogP contribution in [0.25, 0.3) is 16.6 Å². The number of benzene rings is 1. The predicted octanol–water partition coefficient (Wildman–Crippen LogP) is 3.60. The predicted molar refractivity (Wildman–Crippen MR) is 88.7 cm³/mol. The van der Waals surface area contributed by atoms with Crippen molar-refractivity contribution in [2.24, 2.45) is 0 Å². The van der Waals surface area contributed by atoms with Crippen LogP contribution in [0.4, 0.5) is 13.2 Å². The molecule has 0 fully saturated rings. The molecule has 0 spiro atoms. The van der Waals surface area contributed by atoms with Crippen LogP contribution in [-0.4, -0.2) is 29.4 Å². The molecule has 0 aliphatic carbocycles. The number of nitrogens with zero attached hydrogens (tertiary/aromatic N) is 6. The Bertz CT molecular complexity index is 1090. The maximum Gasteiger partial charge on any atom is 0.435 e. The first-order chi connectivity index (χ1) is 12.3. The van der Waals surface area contributed by atoms with Gasteiger partial charge in [0.1, 0.15) is 6.33 Å². The lowest BCUT2D eigenvalue weighted by Crippen LogP contribution is -2.12. The molecular weight excluding hydrogens is 345 g/mol. The number of aryl methyl sites for hydroxylation is 1. The van der Waals surface area contributed by atoms with Crippen molar-refractivity contribution in [1.82, 2.24) is 29.4 Å². The minimum atomic E-state index is -4.45. The molecule has 0 N–H and O–H groups in total. The number of alkyl halides is 3. The summed E-state index contributed by atoms with van der Waals surface area (Å²) in [6, 6.07) is 8.63. The quantitative estimate of drug-likeness (QED) is 0.560. The zero-order valence-corrected chi connectivity index (χ0v) is 14.1. The first-order valence-electron chi connectivity index (χ1n) is 8.04. The molecule has 4 aromatic rings. The third kappa shape index (κ3) is 2.79. The number of hydrogen-bond donors (Lipinski definition) is 0. The normalized spacial score (nSPS) is 13.6. The van der Waals surface area contributed by atoms with Gasteiger partial charge < -0.3 is 0 Å². The zero-order valence-electron chi connectivity index (χ0n) is 14.1. The lowest BCUT2D eigenvalue weighted by molar-refractivity contribution is -0.141. The van der Waals surface area contributed by atoms with Gasteiger partial charge in [0, 0.05) is 17.0 Å². The van der Waals surface area contributed by atoms with E-state index in [2.05, 4.69) is 20.2 Å². The van der Waals surface area contributed by atoms with Crippen LogP contribution in [0.5, 0.6) is 0 Å². The topological polar surface area (TPSA) is 60.9 Å². The number of hydrogen-bond acceptors (Lipinski definition) is 4. The highest BCUT2D eigenvalue weighted by molar-refractivity contribution is 5.90. The van der Waals surface area contributed by atoms with Crippen molar-refractivity contribution in [3.63, 3.8) is 0 Å². The largest absolute Gasteiger partial charge is 0.435 e. The summed E-state index contributed by atoms with van der Waals surface area (Å²) < 4.78 is 41.4. The monoisotopic (exact) mass is 360 g/mol. The molecule has 134 valence electrons. The Hall–Kier alpha value is -2.97. The van der Waals surface area contributed by atoms with Crippen molar-refractivity contribution in [1.29, 1.82) is 0 Å². The lowest BCUT2D eigenvalue weighted by atomic mass is 10.1. The molecule has 0 aliphatic rings. The summed E-state index contributed by atoms with van der Waals surface area (Å²) in [6.07, 6.45) is -2.87. The van der Waals surface area contributed by atoms with Gasteiger partial charge in [-0.25, -0.2) is 14.5 Å². The van der Waals surface area contributed by atoms with Gasteiger partial charge in [0.25, 0.3) is 0 Å². The van der Waals surface area contributed by atoms with Crippen molar-refractivity contribution in [3.05, 3.63) is 53.9 Å². The average Bonchev–Trinajstić information content (AvgIpc) is 3.19. The van der Waals surface area contributed by atoms with Crippen LogP contribution >= 0.6 is 0 Å². The molecule has 0 bridgehead atoms. The number of aromatic nitrogens is 6. The Morgan fingerprint density at radius 2 is 1.92 bits per heavy atom. The van der Waals surface area contributed by atoms with Crippen LogP contribution in [-0.2, 0) is 12.7 Å². The number of halogens is 3. The van der Waals surface area contributed by atoms with Crippen LogP contribution in [0.3, 0.4) is 0 Å². The fourth-order valence-electron chi connectivity index (χ4n) is 2.88. The number of rotatable bonds is 3. The fourth-order valence-corrected chi connectivity index (χ4v) is 2.88. The Morgan fingerprint density at radius 3 is 2.65 bits per heavy atom. The molecule has 26 heavy (non-hydrogen) atoms. The van der Waals surface area contributed by atoms with E-state index in [0.29, 0.717) is 17.2 Å². The van der Waals surface area contributed by atoms with Crippen LogP contribution in [0.1, 0.15) is 30.1 Å². The molecule has 1 atom stereocenters. The summed E-state index contributed by atoms with van der Waals surface area (Å²) in [5, 5.41) is 8.96. The number of fused-ring (bicyclic) bond motifs is 3. The summed E-state index contributed by atoms with van der Waals surface area (Å²) in [7, 11) is 0. The highest BCUT2D eigenvalue weighted by Crippen LogP contribution is 2.29. The van der Waals surface area contributed by atoms with E-state index in [0.717, 1.165) is 17.0 Å². The van der Waals surface area contributed by atoms with E-state index in [4.69, 9.17) is 0 Å². The highest BCUT2D eigenvalue weighted by atomic mass is 19.4. The molecule has 1 aromatic carbocycles. The van der Waals surface area contributed by atoms with E-state index in [1.54, 1.807) is 17.8 Å². The third-order valence-electron chi connectivity index (χ3n) is 4.26. The smallest absolute Gasteiger partial charge is 0.269 e. The molecule has 6 nitrogen and oxygen atoms in total. The summed E-state index contributed by atoms with van der Waals surface area (Å²) in [5.74, 6) is 0.319. The molecule has 0 amide bonds. The molecular formula is C17H15F3N6. The van der Waals surface area contributed by atoms with E-state index in [1.807, 2.05) is 31.2 Å². The van der Waals surface area contributed by atoms with Gasteiger partial charge in [-0.15, -0.1) is 5.10 Å². The standard InChI is InChI=1S/C17H15F3N6/c1-10(8-25-11(2)7-14(23-25)17(18,19)20)15-22-16-12-5-3-4-6-13(12)21-9-26(16)24-15/h3-7,9-10H,8H2,1-2H3/t10-/m0/s1. The maximum atomic E-state index is 12.8. The summed E-state index contributed by atoms with van der Waals surface area (Å²) in [6.45, 7) is 3.71. The first kappa shape index (κ1) is 16.5. The lowest BCUT2D eigenvalue weighted by Gasteiger charge is -2.09. The van der Waals surface area contributed by atoms with E-state index < -0.39 is 11.9 Å². The molecule has 0 saturated carbocycles. The molecule has 3 heterocycles. The molecule has 3 aromatic heterocycles. The second kappa shape index (κ2) is 5.79. The first-order valence-corrected chi connectivity index (χ1v) is 8.04. The van der Waals surface area contributed by atoms with Gasteiger partial charge in [-0.3, -0.25) is 4.68 Å². The van der Waals surface area contributed by atoms with Crippen molar-refractivity contribution >= 4 is 16.6 Å². The maximum absolute atomic E-state index is 12.8. The second-order valence-corrected chi connectivity index (χ2v) is 6.25. The molecule has 4 rings (SSSR count). The molecule has 0 unspecified atom stereocenters. The van der Waals surface area contributed by atoms with Crippen LogP contribution in [0, 0.1) is 6.92 Å². The summed E-state index contributed by atoms with van der Waals surface area (Å²) in [4.78, 5) is 8.90. The van der Waals surface area contributed by atoms with Gasteiger partial charge in [0.2, 0.25) is 0 Å². The van der Waals surface area contributed by atoms with Crippen LogP contribution < -0.4 is 0 Å². The van der Waals surface area contributed by atoms with Crippen molar-refractivity contribution < 1.29 is 13.2 Å². The molecule has 0 saturated heterocycles. The van der Waals surface area contributed by atoms with Crippen LogP contribution in [0.2, 0.25) is 0 Å². The highest BCUT2D eigenvalue weighted by Gasteiger charge is 2.34. The molecule has 0 aliphatic heterocycles. The van der Waals surface area contributed by atoms with Gasteiger partial charge in [-0.1, -0.05) is 19.1 Å². The Kier molecular flexibility index (Phi) is 3.67. The minimum absolute atomic E-state index is 0.214. The van der Waals surface area contributed by atoms with E-state index >= 15 is 0 Å². The second-order valence-electron chi connectivity index (χ2n) is 6.25. The van der Waals surface area contributed by atoms with Gasteiger partial charge >= 0.3 is 6.18 Å². The Labute approximate surface area is 146 Å². The minimum Gasteiger partial charge on any atom is -0.269 e. The van der Waals surface area contributed by atoms with Gasteiger partial charge in [0.05, 0.1) is 12.1 Å². The summed E-state index contributed by atoms with van der Waals surface area (Å²) >= 11 is 0. The third-order valence-corrected chi connectivity index (χ3v) is 4.26. The molecule has 0 radical (unpaired) electrons. The molecule has 9 heteroatoms. The van der Waals surface area contributed by atoms with E-state index in [1.165, 1.54) is 4.68 Å². The fraction of sp³-hybridized carbons (Fsp3) is 0.294. The Balaban J connectivity index is 1.67. The number of para-hydroxylation sites is 1. The average molecular weight is 360 g/mol. The van der Waals surface area contributed by atoms with Crippen LogP contribution in [0.15, 0.2) is 36.7 Å². The van der Waals surface area contributed by atoms with Crippen molar-refractivity contribution in [2.45, 2.75) is 32.5 Å².